The summed E-state index contributed by atoms with van der Waals surface area (Å²) >= 11 is 0. The minimum absolute atomic E-state index is 0.0428. The number of esters is 2. The first-order chi connectivity index (χ1) is 17.0. The van der Waals surface area contributed by atoms with Crippen LogP contribution >= 0.6 is 0 Å². The first-order valence-corrected chi connectivity index (χ1v) is 12.2. The second kappa shape index (κ2) is 11.0. The van der Waals surface area contributed by atoms with Gasteiger partial charge in [0, 0.05) is 19.0 Å². The summed E-state index contributed by atoms with van der Waals surface area (Å²) in [6.07, 6.45) is 5.22. The van der Waals surface area contributed by atoms with Crippen molar-refractivity contribution >= 4 is 11.9 Å². The molecular formula is C28H33NO6. The highest BCUT2D eigenvalue weighted by atomic mass is 16.8. The smallest absolute Gasteiger partial charge is 0.421 e. The Bertz CT molecular complexity index is 1040. The van der Waals surface area contributed by atoms with Gasteiger partial charge < -0.3 is 18.9 Å². The lowest BCUT2D eigenvalue weighted by molar-refractivity contribution is -0.298. The molecule has 2 aliphatic rings. The molecule has 7 heteroatoms. The Balaban J connectivity index is 1.69. The quantitative estimate of drug-likeness (QED) is 0.283. The van der Waals surface area contributed by atoms with Crippen LogP contribution in [-0.2, 0) is 25.5 Å². The van der Waals surface area contributed by atoms with Crippen molar-refractivity contribution in [1.29, 1.82) is 0 Å². The van der Waals surface area contributed by atoms with Crippen LogP contribution in [0.5, 0.6) is 11.5 Å². The minimum Gasteiger partial charge on any atom is -0.493 e. The molecule has 186 valence electrons. The van der Waals surface area contributed by atoms with Crippen LogP contribution in [0.2, 0.25) is 0 Å². The van der Waals surface area contributed by atoms with Gasteiger partial charge in [-0.1, -0.05) is 55.8 Å². The fourth-order valence-corrected chi connectivity index (χ4v) is 5.03. The molecule has 0 amide bonds. The third kappa shape index (κ3) is 5.05. The molecule has 0 N–H and O–H groups in total. The number of unbranched alkanes of at least 4 members (excludes halogenated alkanes) is 1. The van der Waals surface area contributed by atoms with Gasteiger partial charge in [0.05, 0.1) is 13.0 Å². The summed E-state index contributed by atoms with van der Waals surface area (Å²) in [5, 5.41) is 0. The molecule has 0 bridgehead atoms. The largest absolute Gasteiger partial charge is 0.493 e. The molecular weight excluding hydrogens is 446 g/mol. The summed E-state index contributed by atoms with van der Waals surface area (Å²) in [5.74, 6) is -2.73. The van der Waals surface area contributed by atoms with Crippen molar-refractivity contribution in [3.05, 3.63) is 72.3 Å². The molecule has 0 aromatic heterocycles. The van der Waals surface area contributed by atoms with Crippen LogP contribution < -0.4 is 9.47 Å². The second-order valence-corrected chi connectivity index (χ2v) is 8.95. The lowest BCUT2D eigenvalue weighted by Crippen LogP contribution is -2.62. The highest BCUT2D eigenvalue weighted by molar-refractivity contribution is 6.31. The molecule has 2 unspecified atom stereocenters. The molecule has 0 aliphatic carbocycles. The molecule has 2 atom stereocenters. The van der Waals surface area contributed by atoms with Crippen LogP contribution in [0.1, 0.15) is 43.2 Å². The standard InChI is InChI=1S/C28H33NO6/c1-4-6-16-29-17-15-22(21-11-8-7-9-12-21)23(28(29)34-26(30)27(31)35-28)19-33-24-14-13-20(10-5-2)18-25(24)32-3/h5,7-9,11-14,18,22-23H,2,4,6,10,15-17,19H2,1,3H3. The summed E-state index contributed by atoms with van der Waals surface area (Å²) in [7, 11) is 1.60. The number of nitrogens with zero attached hydrogens (tertiary/aromatic N) is 1. The van der Waals surface area contributed by atoms with E-state index in [1.54, 1.807) is 7.11 Å². The topological polar surface area (TPSA) is 74.3 Å². The molecule has 2 fully saturated rings. The summed E-state index contributed by atoms with van der Waals surface area (Å²) in [6, 6.07) is 15.8. The predicted molar refractivity (Wildman–Crippen MR) is 131 cm³/mol. The number of ether oxygens (including phenoxy) is 4. The zero-order valence-corrected chi connectivity index (χ0v) is 20.4. The van der Waals surface area contributed by atoms with Gasteiger partial charge in [-0.2, -0.15) is 0 Å². The van der Waals surface area contributed by atoms with E-state index in [4.69, 9.17) is 18.9 Å². The van der Waals surface area contributed by atoms with E-state index in [1.807, 2.05) is 47.4 Å². The van der Waals surface area contributed by atoms with Gasteiger partial charge in [0.2, 0.25) is 0 Å². The lowest BCUT2D eigenvalue weighted by Gasteiger charge is -2.49. The summed E-state index contributed by atoms with van der Waals surface area (Å²) in [6.45, 7) is 7.34. The lowest BCUT2D eigenvalue weighted by atomic mass is 9.77. The fourth-order valence-electron chi connectivity index (χ4n) is 5.03. The van der Waals surface area contributed by atoms with Crippen molar-refractivity contribution in [2.75, 3.05) is 26.8 Å². The van der Waals surface area contributed by atoms with E-state index >= 15 is 0 Å². The molecule has 2 aliphatic heterocycles. The van der Waals surface area contributed by atoms with Crippen LogP contribution in [0.25, 0.3) is 0 Å². The Labute approximate surface area is 206 Å². The highest BCUT2D eigenvalue weighted by Gasteiger charge is 2.62. The second-order valence-electron chi connectivity index (χ2n) is 8.95. The van der Waals surface area contributed by atoms with Crippen LogP contribution in [0.15, 0.2) is 61.2 Å². The Morgan fingerprint density at radius 2 is 1.86 bits per heavy atom. The van der Waals surface area contributed by atoms with Crippen LogP contribution in [0, 0.1) is 5.92 Å². The van der Waals surface area contributed by atoms with Gasteiger partial charge in [-0.3, -0.25) is 0 Å². The number of rotatable bonds is 10. The third-order valence-electron chi connectivity index (χ3n) is 6.79. The zero-order valence-electron chi connectivity index (χ0n) is 20.4. The number of hydrogen-bond donors (Lipinski definition) is 0. The maximum absolute atomic E-state index is 12.3. The predicted octanol–water partition coefficient (Wildman–Crippen LogP) is 4.46. The molecule has 2 aromatic rings. The number of benzene rings is 2. The van der Waals surface area contributed by atoms with Crippen LogP contribution in [0.3, 0.4) is 0 Å². The number of hydrogen-bond acceptors (Lipinski definition) is 7. The summed E-state index contributed by atoms with van der Waals surface area (Å²) in [4.78, 5) is 26.7. The molecule has 4 rings (SSSR count). The van der Waals surface area contributed by atoms with Crippen molar-refractivity contribution in [2.45, 2.75) is 44.4 Å². The third-order valence-corrected chi connectivity index (χ3v) is 6.79. The van der Waals surface area contributed by atoms with Gasteiger partial charge in [0.15, 0.2) is 11.5 Å². The Morgan fingerprint density at radius 3 is 2.51 bits per heavy atom. The van der Waals surface area contributed by atoms with Gasteiger partial charge in [0.1, 0.15) is 6.61 Å². The normalized spacial score (nSPS) is 21.4. The van der Waals surface area contributed by atoms with E-state index in [9.17, 15) is 9.59 Å². The van der Waals surface area contributed by atoms with Crippen molar-refractivity contribution in [1.82, 2.24) is 4.90 Å². The van der Waals surface area contributed by atoms with Gasteiger partial charge >= 0.3 is 17.8 Å². The maximum atomic E-state index is 12.3. The van der Waals surface area contributed by atoms with Crippen molar-refractivity contribution in [3.63, 3.8) is 0 Å². The Kier molecular flexibility index (Phi) is 7.76. The van der Waals surface area contributed by atoms with E-state index in [0.29, 0.717) is 24.6 Å². The summed E-state index contributed by atoms with van der Waals surface area (Å²) in [5.41, 5.74) is 2.15. The number of likely N-dealkylation sites (tertiary alicyclic amines) is 1. The zero-order chi connectivity index (χ0) is 24.8. The maximum Gasteiger partial charge on any atom is 0.421 e. The molecule has 0 saturated carbocycles. The van der Waals surface area contributed by atoms with E-state index in [-0.39, 0.29) is 12.5 Å². The SMILES string of the molecule is C=CCc1ccc(OCC2C(c3ccccc3)CCN(CCCC)C23OC(=O)C(=O)O3)c(OC)c1. The van der Waals surface area contributed by atoms with Gasteiger partial charge in [-0.05, 0) is 42.5 Å². The van der Waals surface area contributed by atoms with E-state index in [2.05, 4.69) is 25.6 Å². The van der Waals surface area contributed by atoms with E-state index < -0.39 is 23.8 Å². The van der Waals surface area contributed by atoms with Crippen molar-refractivity contribution in [2.24, 2.45) is 5.92 Å². The molecule has 35 heavy (non-hydrogen) atoms. The number of piperidine rings is 1. The van der Waals surface area contributed by atoms with Gasteiger partial charge in [0.25, 0.3) is 0 Å². The van der Waals surface area contributed by atoms with E-state index in [1.165, 1.54) is 0 Å². The molecule has 2 aromatic carbocycles. The van der Waals surface area contributed by atoms with E-state index in [0.717, 1.165) is 36.8 Å². The molecule has 2 saturated heterocycles. The molecule has 0 radical (unpaired) electrons. The van der Waals surface area contributed by atoms with Crippen LogP contribution in [-0.4, -0.2) is 49.6 Å². The van der Waals surface area contributed by atoms with Crippen LogP contribution in [0.4, 0.5) is 0 Å². The average molecular weight is 480 g/mol. The number of allylic oxidation sites excluding steroid dienone is 1. The molecule has 2 heterocycles. The first kappa shape index (κ1) is 24.8. The van der Waals surface area contributed by atoms with Crippen molar-refractivity contribution < 1.29 is 28.5 Å². The Hall–Kier alpha value is -3.32. The highest BCUT2D eigenvalue weighted by Crippen LogP contribution is 2.47. The number of methoxy groups -OCH3 is 1. The van der Waals surface area contributed by atoms with Crippen molar-refractivity contribution in [3.8, 4) is 11.5 Å². The van der Waals surface area contributed by atoms with Gasteiger partial charge in [-0.15, -0.1) is 6.58 Å². The number of carbonyl (C=O) groups excluding carboxylic acids is 2. The summed E-state index contributed by atoms with van der Waals surface area (Å²) < 4.78 is 23.4. The average Bonchev–Trinajstić information content (AvgIpc) is 3.17. The van der Waals surface area contributed by atoms with Gasteiger partial charge in [-0.25, -0.2) is 14.5 Å². The Morgan fingerprint density at radius 1 is 1.11 bits per heavy atom. The molecule has 1 spiro atoms. The molecule has 7 nitrogen and oxygen atoms in total. The number of carbonyl (C=O) groups is 2. The fraction of sp³-hybridized carbons (Fsp3) is 0.429. The monoisotopic (exact) mass is 479 g/mol. The first-order valence-electron chi connectivity index (χ1n) is 12.2. The minimum atomic E-state index is -1.50.